The Hall–Kier alpha value is -1.56. The van der Waals surface area contributed by atoms with E-state index in [0.29, 0.717) is 25.5 Å². The van der Waals surface area contributed by atoms with Gasteiger partial charge in [0.1, 0.15) is 9.84 Å². The lowest BCUT2D eigenvalue weighted by atomic mass is 10.2. The third-order valence-corrected chi connectivity index (χ3v) is 5.67. The van der Waals surface area contributed by atoms with Crippen molar-refractivity contribution in [2.45, 2.75) is 19.4 Å². The number of amides is 1. The number of sulfone groups is 1. The molecule has 1 heterocycles. The van der Waals surface area contributed by atoms with Gasteiger partial charge in [0.2, 0.25) is 5.91 Å². The molecule has 2 N–H and O–H groups in total. The van der Waals surface area contributed by atoms with Crippen molar-refractivity contribution < 1.29 is 13.2 Å². The lowest BCUT2D eigenvalue weighted by Gasteiger charge is -2.36. The maximum atomic E-state index is 12.5. The fourth-order valence-electron chi connectivity index (χ4n) is 3.02. The number of para-hydroxylation sites is 1. The summed E-state index contributed by atoms with van der Waals surface area (Å²) in [5.41, 5.74) is 1.18. The number of carbonyl (C=O) groups is 1. The van der Waals surface area contributed by atoms with E-state index < -0.39 is 9.84 Å². The molecule has 0 spiro atoms. The molecule has 1 fully saturated rings. The number of aliphatic imine (C=N–C) groups is 1. The zero-order valence-corrected chi connectivity index (χ0v) is 20.4. The van der Waals surface area contributed by atoms with Gasteiger partial charge in [0.05, 0.1) is 12.3 Å². The van der Waals surface area contributed by atoms with Crippen LogP contribution in [0.15, 0.2) is 35.3 Å². The van der Waals surface area contributed by atoms with Gasteiger partial charge in [0.15, 0.2) is 5.96 Å². The molecule has 1 unspecified atom stereocenters. The van der Waals surface area contributed by atoms with Crippen molar-refractivity contribution in [1.29, 1.82) is 0 Å². The lowest BCUT2D eigenvalue weighted by Crippen LogP contribution is -2.52. The highest BCUT2D eigenvalue weighted by atomic mass is 127. The van der Waals surface area contributed by atoms with Crippen LogP contribution in [-0.2, 0) is 14.6 Å². The lowest BCUT2D eigenvalue weighted by molar-refractivity contribution is -0.130. The molecular weight excluding hydrogens is 505 g/mol. The molecule has 1 atom stereocenters. The Labute approximate surface area is 191 Å². The first-order valence-electron chi connectivity index (χ1n) is 9.51. The maximum absolute atomic E-state index is 12.5. The summed E-state index contributed by atoms with van der Waals surface area (Å²) in [6.45, 7) is 5.04. The standard InChI is InChI=1S/C19H31N5O3S.HI/c1-16(9-14-28(3,26)27)22-19(20-2)21-15-18(25)24-12-10-23(11-13-24)17-7-5-4-6-8-17;/h4-8,16H,9-15H2,1-3H3,(H2,20,21,22);1H. The molecule has 1 aliphatic rings. The van der Waals surface area contributed by atoms with Gasteiger partial charge >= 0.3 is 0 Å². The molecule has 0 aliphatic carbocycles. The predicted octanol–water partition coefficient (Wildman–Crippen LogP) is 0.941. The Morgan fingerprint density at radius 2 is 1.79 bits per heavy atom. The van der Waals surface area contributed by atoms with Crippen LogP contribution >= 0.6 is 24.0 Å². The second kappa shape index (κ2) is 12.2. The van der Waals surface area contributed by atoms with Gasteiger partial charge in [-0.2, -0.15) is 0 Å². The zero-order valence-electron chi connectivity index (χ0n) is 17.3. The first-order valence-corrected chi connectivity index (χ1v) is 11.6. The summed E-state index contributed by atoms with van der Waals surface area (Å²) in [4.78, 5) is 20.7. The molecule has 29 heavy (non-hydrogen) atoms. The summed E-state index contributed by atoms with van der Waals surface area (Å²) in [6, 6.07) is 10.1. The Morgan fingerprint density at radius 1 is 1.17 bits per heavy atom. The molecule has 1 amide bonds. The summed E-state index contributed by atoms with van der Waals surface area (Å²) in [5.74, 6) is 0.639. The number of rotatable bonds is 7. The molecule has 0 aromatic heterocycles. The van der Waals surface area contributed by atoms with Gasteiger partial charge in [-0.05, 0) is 25.5 Å². The van der Waals surface area contributed by atoms with E-state index in [4.69, 9.17) is 0 Å². The molecule has 1 aromatic carbocycles. The van der Waals surface area contributed by atoms with Crippen molar-refractivity contribution in [3.8, 4) is 0 Å². The number of halogens is 1. The summed E-state index contributed by atoms with van der Waals surface area (Å²) < 4.78 is 22.5. The number of benzene rings is 1. The van der Waals surface area contributed by atoms with E-state index >= 15 is 0 Å². The number of nitrogens with zero attached hydrogens (tertiary/aromatic N) is 3. The van der Waals surface area contributed by atoms with Gasteiger partial charge in [-0.25, -0.2) is 8.42 Å². The fraction of sp³-hybridized carbons (Fsp3) is 0.579. The maximum Gasteiger partial charge on any atom is 0.242 e. The van der Waals surface area contributed by atoms with Crippen LogP contribution in [0.4, 0.5) is 5.69 Å². The van der Waals surface area contributed by atoms with Crippen LogP contribution in [0.25, 0.3) is 0 Å². The van der Waals surface area contributed by atoms with Crippen LogP contribution in [0.3, 0.4) is 0 Å². The van der Waals surface area contributed by atoms with Crippen LogP contribution in [0.2, 0.25) is 0 Å². The Balaban J connectivity index is 0.00000420. The van der Waals surface area contributed by atoms with Crippen LogP contribution in [0.5, 0.6) is 0 Å². The summed E-state index contributed by atoms with van der Waals surface area (Å²) >= 11 is 0. The molecule has 8 nitrogen and oxygen atoms in total. The molecule has 1 aliphatic heterocycles. The first-order chi connectivity index (χ1) is 13.3. The van der Waals surface area contributed by atoms with E-state index in [1.165, 1.54) is 11.9 Å². The second-order valence-corrected chi connectivity index (χ2v) is 9.35. The predicted molar refractivity (Wildman–Crippen MR) is 129 cm³/mol. The van der Waals surface area contributed by atoms with E-state index in [2.05, 4.69) is 32.7 Å². The fourth-order valence-corrected chi connectivity index (χ4v) is 3.80. The SMILES string of the molecule is CN=C(NCC(=O)N1CCN(c2ccccc2)CC1)NC(C)CCS(C)(=O)=O.I. The number of anilines is 1. The molecule has 1 aromatic rings. The highest BCUT2D eigenvalue weighted by Gasteiger charge is 2.21. The van der Waals surface area contributed by atoms with E-state index in [-0.39, 0.29) is 48.2 Å². The normalized spacial score (nSPS) is 16.0. The topological polar surface area (TPSA) is 94.1 Å². The van der Waals surface area contributed by atoms with Crippen LogP contribution < -0.4 is 15.5 Å². The van der Waals surface area contributed by atoms with Crippen molar-refractivity contribution in [3.63, 3.8) is 0 Å². The van der Waals surface area contributed by atoms with Crippen molar-refractivity contribution >= 4 is 51.4 Å². The molecule has 2 rings (SSSR count). The highest BCUT2D eigenvalue weighted by molar-refractivity contribution is 14.0. The van der Waals surface area contributed by atoms with Crippen molar-refractivity contribution in [3.05, 3.63) is 30.3 Å². The van der Waals surface area contributed by atoms with Crippen molar-refractivity contribution in [2.24, 2.45) is 4.99 Å². The van der Waals surface area contributed by atoms with E-state index in [9.17, 15) is 13.2 Å². The largest absolute Gasteiger partial charge is 0.368 e. The molecule has 1 saturated heterocycles. The third-order valence-electron chi connectivity index (χ3n) is 4.69. The number of carbonyl (C=O) groups excluding carboxylic acids is 1. The summed E-state index contributed by atoms with van der Waals surface area (Å²) in [6.07, 6.45) is 1.71. The molecular formula is C19H32IN5O3S. The molecule has 0 saturated carbocycles. The number of nitrogens with one attached hydrogen (secondary N) is 2. The van der Waals surface area contributed by atoms with Gasteiger partial charge in [-0.1, -0.05) is 18.2 Å². The van der Waals surface area contributed by atoms with Gasteiger partial charge < -0.3 is 20.4 Å². The molecule has 10 heteroatoms. The zero-order chi connectivity index (χ0) is 20.6. The van der Waals surface area contributed by atoms with E-state index in [1.54, 1.807) is 7.05 Å². The van der Waals surface area contributed by atoms with Crippen LogP contribution in [0, 0.1) is 0 Å². The monoisotopic (exact) mass is 537 g/mol. The van der Waals surface area contributed by atoms with Gasteiger partial charge in [0, 0.05) is 51.2 Å². The van der Waals surface area contributed by atoms with Crippen molar-refractivity contribution in [2.75, 3.05) is 56.7 Å². The van der Waals surface area contributed by atoms with Crippen molar-refractivity contribution in [1.82, 2.24) is 15.5 Å². The number of hydrogen-bond donors (Lipinski definition) is 2. The Bertz CT molecular complexity index is 765. The third kappa shape index (κ3) is 9.20. The number of guanidine groups is 1. The summed E-state index contributed by atoms with van der Waals surface area (Å²) in [5, 5.41) is 6.14. The Morgan fingerprint density at radius 3 is 2.34 bits per heavy atom. The minimum atomic E-state index is -2.99. The van der Waals surface area contributed by atoms with Gasteiger partial charge in [-0.3, -0.25) is 9.79 Å². The van der Waals surface area contributed by atoms with Crippen LogP contribution in [0.1, 0.15) is 13.3 Å². The average Bonchev–Trinajstić information content (AvgIpc) is 2.69. The minimum Gasteiger partial charge on any atom is -0.368 e. The molecule has 0 bridgehead atoms. The smallest absolute Gasteiger partial charge is 0.242 e. The first kappa shape index (κ1) is 25.5. The van der Waals surface area contributed by atoms with Crippen LogP contribution in [-0.4, -0.2) is 83.0 Å². The quantitative estimate of drug-likeness (QED) is 0.306. The highest BCUT2D eigenvalue weighted by Crippen LogP contribution is 2.15. The van der Waals surface area contributed by atoms with E-state index in [0.717, 1.165) is 13.1 Å². The Kier molecular flexibility index (Phi) is 10.7. The molecule has 0 radical (unpaired) electrons. The second-order valence-electron chi connectivity index (χ2n) is 7.09. The van der Waals surface area contributed by atoms with Gasteiger partial charge in [-0.15, -0.1) is 24.0 Å². The minimum absolute atomic E-state index is 0. The molecule has 164 valence electrons. The number of piperazine rings is 1. The average molecular weight is 537 g/mol. The van der Waals surface area contributed by atoms with Gasteiger partial charge in [0.25, 0.3) is 0 Å². The summed E-state index contributed by atoms with van der Waals surface area (Å²) in [7, 11) is -1.36. The van der Waals surface area contributed by atoms with E-state index in [1.807, 2.05) is 30.0 Å². The number of hydrogen-bond acceptors (Lipinski definition) is 5.